The van der Waals surface area contributed by atoms with Gasteiger partial charge in [0.2, 0.25) is 0 Å². The fourth-order valence-corrected chi connectivity index (χ4v) is 4.01. The van der Waals surface area contributed by atoms with Crippen LogP contribution in [0, 0.1) is 0 Å². The van der Waals surface area contributed by atoms with E-state index in [1.165, 1.54) is 0 Å². The Morgan fingerprint density at radius 2 is 1.65 bits per heavy atom. The van der Waals surface area contributed by atoms with Crippen molar-refractivity contribution in [1.82, 2.24) is 0 Å². The summed E-state index contributed by atoms with van der Waals surface area (Å²) in [6.07, 6.45) is 0. The van der Waals surface area contributed by atoms with E-state index in [2.05, 4.69) is 13.0 Å². The van der Waals surface area contributed by atoms with E-state index < -0.39 is 5.97 Å². The molecule has 1 atom stereocenters. The van der Waals surface area contributed by atoms with Crippen LogP contribution >= 0.6 is 11.8 Å². The average molecular weight is 364 g/mol. The van der Waals surface area contributed by atoms with Crippen molar-refractivity contribution in [2.45, 2.75) is 12.2 Å². The van der Waals surface area contributed by atoms with Crippen LogP contribution in [-0.2, 0) is 0 Å². The standard InChI is InChI=1S/C22H20O3S/c1-2-26-21(19-11-3-4-12-20(19)23)17-9-5-7-15(13-17)16-8-6-10-18(14-16)22(24)25/h3-14,21,23H,2H2,1H3,(H,24,25). The molecule has 0 aliphatic heterocycles. The van der Waals surface area contributed by atoms with Gasteiger partial charge in [-0.1, -0.05) is 55.5 Å². The highest BCUT2D eigenvalue weighted by Gasteiger charge is 2.18. The third-order valence-corrected chi connectivity index (χ3v) is 5.38. The summed E-state index contributed by atoms with van der Waals surface area (Å²) in [6.45, 7) is 2.10. The molecule has 1 unspecified atom stereocenters. The molecule has 0 aromatic heterocycles. The minimum Gasteiger partial charge on any atom is -0.508 e. The maximum Gasteiger partial charge on any atom is 0.335 e. The summed E-state index contributed by atoms with van der Waals surface area (Å²) < 4.78 is 0. The fourth-order valence-electron chi connectivity index (χ4n) is 2.95. The van der Waals surface area contributed by atoms with Crippen LogP contribution in [-0.4, -0.2) is 21.9 Å². The Morgan fingerprint density at radius 1 is 0.962 bits per heavy atom. The molecule has 3 aromatic carbocycles. The minimum absolute atomic E-state index is 0.0174. The summed E-state index contributed by atoms with van der Waals surface area (Å²) in [5, 5.41) is 19.5. The highest BCUT2D eigenvalue weighted by atomic mass is 32.2. The molecule has 0 radical (unpaired) electrons. The number of hydrogen-bond acceptors (Lipinski definition) is 3. The number of carboxylic acid groups (broad SMARTS) is 1. The predicted octanol–water partition coefficient (Wildman–Crippen LogP) is 5.60. The van der Waals surface area contributed by atoms with Gasteiger partial charge in [-0.05, 0) is 46.7 Å². The molecule has 0 saturated carbocycles. The molecule has 3 nitrogen and oxygen atoms in total. The third kappa shape index (κ3) is 3.92. The lowest BCUT2D eigenvalue weighted by Gasteiger charge is -2.19. The molecule has 0 bridgehead atoms. The molecule has 0 amide bonds. The minimum atomic E-state index is -0.934. The van der Waals surface area contributed by atoms with E-state index in [4.69, 9.17) is 0 Å². The van der Waals surface area contributed by atoms with Crippen molar-refractivity contribution >= 4 is 17.7 Å². The average Bonchev–Trinajstić information content (AvgIpc) is 2.67. The van der Waals surface area contributed by atoms with Crippen LogP contribution in [0.15, 0.2) is 72.8 Å². The Kier molecular flexibility index (Phi) is 5.64. The Bertz CT molecular complexity index is 921. The number of hydrogen-bond donors (Lipinski definition) is 2. The lowest BCUT2D eigenvalue weighted by molar-refractivity contribution is 0.0697. The second kappa shape index (κ2) is 8.11. The third-order valence-electron chi connectivity index (χ3n) is 4.18. The monoisotopic (exact) mass is 364 g/mol. The molecule has 3 rings (SSSR count). The molecule has 132 valence electrons. The van der Waals surface area contributed by atoms with Crippen LogP contribution < -0.4 is 0 Å². The first kappa shape index (κ1) is 18.1. The van der Waals surface area contributed by atoms with E-state index >= 15 is 0 Å². The Balaban J connectivity index is 2.03. The zero-order valence-corrected chi connectivity index (χ0v) is 15.2. The molecule has 0 fully saturated rings. The number of aromatic hydroxyl groups is 1. The number of phenols is 1. The van der Waals surface area contributed by atoms with Crippen LogP contribution in [0.2, 0.25) is 0 Å². The number of para-hydroxylation sites is 1. The fraction of sp³-hybridized carbons (Fsp3) is 0.136. The second-order valence-electron chi connectivity index (χ2n) is 5.91. The van der Waals surface area contributed by atoms with Crippen LogP contribution in [0.5, 0.6) is 5.75 Å². The van der Waals surface area contributed by atoms with Gasteiger partial charge in [-0.3, -0.25) is 0 Å². The molecular formula is C22H20O3S. The van der Waals surface area contributed by atoms with Gasteiger partial charge in [0.15, 0.2) is 0 Å². The molecule has 0 spiro atoms. The SMILES string of the molecule is CCSC(c1cccc(-c2cccc(C(=O)O)c2)c1)c1ccccc1O. The first-order chi connectivity index (χ1) is 12.6. The number of rotatable bonds is 6. The van der Waals surface area contributed by atoms with E-state index in [0.717, 1.165) is 28.0 Å². The van der Waals surface area contributed by atoms with Crippen LogP contribution in [0.4, 0.5) is 0 Å². The molecule has 3 aromatic rings. The first-order valence-electron chi connectivity index (χ1n) is 8.43. The summed E-state index contributed by atoms with van der Waals surface area (Å²) in [6, 6.07) is 22.4. The number of benzene rings is 3. The second-order valence-corrected chi connectivity index (χ2v) is 7.29. The van der Waals surface area contributed by atoms with Crippen molar-refractivity contribution in [3.8, 4) is 16.9 Å². The maximum atomic E-state index is 11.2. The maximum absolute atomic E-state index is 11.2. The molecule has 4 heteroatoms. The van der Waals surface area contributed by atoms with Gasteiger partial charge in [0, 0.05) is 5.56 Å². The summed E-state index contributed by atoms with van der Waals surface area (Å²) in [5.41, 5.74) is 4.06. The Labute approximate surface area is 157 Å². The van der Waals surface area contributed by atoms with E-state index in [-0.39, 0.29) is 16.6 Å². The normalized spacial score (nSPS) is 11.9. The number of thioether (sulfide) groups is 1. The van der Waals surface area contributed by atoms with Crippen molar-refractivity contribution in [3.05, 3.63) is 89.5 Å². The van der Waals surface area contributed by atoms with E-state index in [9.17, 15) is 15.0 Å². The van der Waals surface area contributed by atoms with Crippen molar-refractivity contribution in [2.24, 2.45) is 0 Å². The smallest absolute Gasteiger partial charge is 0.335 e. The lowest BCUT2D eigenvalue weighted by Crippen LogP contribution is -1.99. The largest absolute Gasteiger partial charge is 0.508 e. The molecule has 2 N–H and O–H groups in total. The number of phenolic OH excluding ortho intramolecular Hbond substituents is 1. The van der Waals surface area contributed by atoms with Gasteiger partial charge in [0.1, 0.15) is 5.75 Å². The lowest BCUT2D eigenvalue weighted by atomic mass is 9.97. The number of aromatic carboxylic acids is 1. The van der Waals surface area contributed by atoms with Crippen LogP contribution in [0.1, 0.15) is 33.7 Å². The van der Waals surface area contributed by atoms with E-state index in [0.29, 0.717) is 0 Å². The van der Waals surface area contributed by atoms with Gasteiger partial charge in [-0.15, -0.1) is 11.8 Å². The van der Waals surface area contributed by atoms with Crippen molar-refractivity contribution < 1.29 is 15.0 Å². The Morgan fingerprint density at radius 3 is 2.35 bits per heavy atom. The number of carbonyl (C=O) groups is 1. The molecule has 0 saturated heterocycles. The van der Waals surface area contributed by atoms with Gasteiger partial charge in [0.25, 0.3) is 0 Å². The highest BCUT2D eigenvalue weighted by molar-refractivity contribution is 7.99. The molecule has 0 heterocycles. The summed E-state index contributed by atoms with van der Waals surface area (Å²) in [4.78, 5) is 11.2. The van der Waals surface area contributed by atoms with Gasteiger partial charge in [0.05, 0.1) is 10.8 Å². The van der Waals surface area contributed by atoms with E-state index in [1.54, 1.807) is 36.0 Å². The zero-order valence-electron chi connectivity index (χ0n) is 14.4. The number of carboxylic acids is 1. The topological polar surface area (TPSA) is 57.5 Å². The highest BCUT2D eigenvalue weighted by Crippen LogP contribution is 2.40. The quantitative estimate of drug-likeness (QED) is 0.598. The van der Waals surface area contributed by atoms with E-state index in [1.807, 2.05) is 42.5 Å². The van der Waals surface area contributed by atoms with Crippen LogP contribution in [0.25, 0.3) is 11.1 Å². The summed E-state index contributed by atoms with van der Waals surface area (Å²) in [5.74, 6) is 0.269. The van der Waals surface area contributed by atoms with Gasteiger partial charge in [-0.2, -0.15) is 0 Å². The van der Waals surface area contributed by atoms with Crippen molar-refractivity contribution in [1.29, 1.82) is 0 Å². The van der Waals surface area contributed by atoms with Crippen molar-refractivity contribution in [3.63, 3.8) is 0 Å². The van der Waals surface area contributed by atoms with Crippen LogP contribution in [0.3, 0.4) is 0 Å². The predicted molar refractivity (Wildman–Crippen MR) is 107 cm³/mol. The Hall–Kier alpha value is -2.72. The first-order valence-corrected chi connectivity index (χ1v) is 9.48. The molecule has 26 heavy (non-hydrogen) atoms. The summed E-state index contributed by atoms with van der Waals surface area (Å²) in [7, 11) is 0. The van der Waals surface area contributed by atoms with Gasteiger partial charge < -0.3 is 10.2 Å². The molecule has 0 aliphatic carbocycles. The zero-order chi connectivity index (χ0) is 18.5. The van der Waals surface area contributed by atoms with Gasteiger partial charge in [-0.25, -0.2) is 4.79 Å². The molecular weight excluding hydrogens is 344 g/mol. The summed E-state index contributed by atoms with van der Waals surface area (Å²) >= 11 is 1.75. The van der Waals surface area contributed by atoms with Crippen molar-refractivity contribution in [2.75, 3.05) is 5.75 Å². The molecule has 0 aliphatic rings. The van der Waals surface area contributed by atoms with Gasteiger partial charge >= 0.3 is 5.97 Å².